The molecule has 5 heteroatoms. The molecule has 0 fully saturated rings. The topological polar surface area (TPSA) is 57.4 Å². The Morgan fingerprint density at radius 2 is 2.21 bits per heavy atom. The molecule has 5 nitrogen and oxygen atoms in total. The number of nitrogens with zero attached hydrogens (tertiary/aromatic N) is 1. The van der Waals surface area contributed by atoms with Crippen LogP contribution in [0.5, 0.6) is 0 Å². The Labute approximate surface area is 143 Å². The first kappa shape index (κ1) is 16.8. The predicted octanol–water partition coefficient (Wildman–Crippen LogP) is 3.61. The van der Waals surface area contributed by atoms with Crippen molar-refractivity contribution < 1.29 is 9.53 Å². The molecule has 2 aromatic rings. The molecule has 1 aliphatic heterocycles. The van der Waals surface area contributed by atoms with Crippen LogP contribution in [0.4, 0.5) is 4.79 Å². The maximum absolute atomic E-state index is 11.7. The van der Waals surface area contributed by atoms with Crippen LogP contribution < -0.4 is 5.32 Å². The summed E-state index contributed by atoms with van der Waals surface area (Å²) < 4.78 is 5.02. The molecule has 0 saturated carbocycles. The summed E-state index contributed by atoms with van der Waals surface area (Å²) in [5, 5.41) is 4.23. The number of fused-ring (bicyclic) bond motifs is 3. The van der Waals surface area contributed by atoms with Gasteiger partial charge in [0.05, 0.1) is 12.6 Å². The summed E-state index contributed by atoms with van der Waals surface area (Å²) in [6.07, 6.45) is 3.06. The number of rotatable bonds is 6. The molecule has 1 unspecified atom stereocenters. The zero-order valence-corrected chi connectivity index (χ0v) is 14.6. The average Bonchev–Trinajstić information content (AvgIpc) is 2.97. The van der Waals surface area contributed by atoms with E-state index in [2.05, 4.69) is 46.4 Å². The van der Waals surface area contributed by atoms with Crippen molar-refractivity contribution in [3.63, 3.8) is 0 Å². The van der Waals surface area contributed by atoms with E-state index in [4.69, 9.17) is 4.74 Å². The minimum absolute atomic E-state index is 0.178. The molecule has 2 heterocycles. The first-order chi connectivity index (χ1) is 11.7. The number of carbonyl (C=O) groups is 1. The van der Waals surface area contributed by atoms with E-state index in [1.54, 1.807) is 0 Å². The molecule has 0 saturated heterocycles. The zero-order valence-electron chi connectivity index (χ0n) is 14.6. The molecule has 1 aromatic heterocycles. The Hall–Kier alpha value is -2.01. The first-order valence-electron chi connectivity index (χ1n) is 8.98. The lowest BCUT2D eigenvalue weighted by Gasteiger charge is -2.35. The number of benzene rings is 1. The molecule has 0 spiro atoms. The smallest absolute Gasteiger partial charge is 0.407 e. The molecule has 0 bridgehead atoms. The highest BCUT2D eigenvalue weighted by Crippen LogP contribution is 2.34. The van der Waals surface area contributed by atoms with Crippen LogP contribution in [0.25, 0.3) is 10.9 Å². The van der Waals surface area contributed by atoms with Gasteiger partial charge < -0.3 is 15.0 Å². The number of amides is 1. The Balaban J connectivity index is 1.86. The van der Waals surface area contributed by atoms with Crippen LogP contribution in [0.1, 0.15) is 44.0 Å². The van der Waals surface area contributed by atoms with E-state index in [1.807, 2.05) is 6.92 Å². The second-order valence-corrected chi connectivity index (χ2v) is 6.32. The van der Waals surface area contributed by atoms with E-state index in [-0.39, 0.29) is 12.1 Å². The van der Waals surface area contributed by atoms with Crippen LogP contribution >= 0.6 is 0 Å². The highest BCUT2D eigenvalue weighted by atomic mass is 16.5. The van der Waals surface area contributed by atoms with Gasteiger partial charge in [-0.15, -0.1) is 0 Å². The van der Waals surface area contributed by atoms with Gasteiger partial charge in [-0.3, -0.25) is 4.90 Å². The van der Waals surface area contributed by atoms with Crippen molar-refractivity contribution in [3.8, 4) is 0 Å². The van der Waals surface area contributed by atoms with E-state index >= 15 is 0 Å². The SMILES string of the molecule is CCCCN1CCc2c([nH]c3ccccc23)C1CNC(=O)OCC. The number of alkyl carbamates (subject to hydrolysis) is 1. The van der Waals surface area contributed by atoms with Crippen molar-refractivity contribution in [2.75, 3.05) is 26.2 Å². The lowest BCUT2D eigenvalue weighted by molar-refractivity contribution is 0.139. The fraction of sp³-hybridized carbons (Fsp3) is 0.526. The Bertz CT molecular complexity index is 695. The quantitative estimate of drug-likeness (QED) is 0.851. The van der Waals surface area contributed by atoms with Gasteiger partial charge in [0.1, 0.15) is 0 Å². The van der Waals surface area contributed by atoms with E-state index in [1.165, 1.54) is 35.0 Å². The van der Waals surface area contributed by atoms with Crippen LogP contribution in [-0.4, -0.2) is 42.2 Å². The number of unbranched alkanes of at least 4 members (excludes halogenated alkanes) is 1. The minimum Gasteiger partial charge on any atom is -0.450 e. The van der Waals surface area contributed by atoms with Crippen LogP contribution in [0.3, 0.4) is 0 Å². The van der Waals surface area contributed by atoms with Crippen molar-refractivity contribution in [2.24, 2.45) is 0 Å². The van der Waals surface area contributed by atoms with Gasteiger partial charge >= 0.3 is 6.09 Å². The Kier molecular flexibility index (Phi) is 5.41. The van der Waals surface area contributed by atoms with Gasteiger partial charge in [-0.05, 0) is 37.9 Å². The lowest BCUT2D eigenvalue weighted by atomic mass is 9.97. The lowest BCUT2D eigenvalue weighted by Crippen LogP contribution is -2.42. The number of ether oxygens (including phenoxy) is 1. The van der Waals surface area contributed by atoms with Gasteiger partial charge in [0.15, 0.2) is 0 Å². The van der Waals surface area contributed by atoms with Gasteiger partial charge in [-0.2, -0.15) is 0 Å². The number of aromatic amines is 1. The third-order valence-electron chi connectivity index (χ3n) is 4.78. The van der Waals surface area contributed by atoms with Gasteiger partial charge in [0.25, 0.3) is 0 Å². The maximum Gasteiger partial charge on any atom is 0.407 e. The fourth-order valence-corrected chi connectivity index (χ4v) is 3.59. The summed E-state index contributed by atoms with van der Waals surface area (Å²) in [6.45, 7) is 7.09. The van der Waals surface area contributed by atoms with Crippen LogP contribution in [0.2, 0.25) is 0 Å². The van der Waals surface area contributed by atoms with Crippen molar-refractivity contribution in [2.45, 2.75) is 39.2 Å². The summed E-state index contributed by atoms with van der Waals surface area (Å²) >= 11 is 0. The predicted molar refractivity (Wildman–Crippen MR) is 96.2 cm³/mol. The summed E-state index contributed by atoms with van der Waals surface area (Å²) in [6, 6.07) is 8.64. The summed E-state index contributed by atoms with van der Waals surface area (Å²) in [5.74, 6) is 0. The van der Waals surface area contributed by atoms with Gasteiger partial charge in [-0.1, -0.05) is 31.5 Å². The van der Waals surface area contributed by atoms with E-state index in [0.717, 1.165) is 19.5 Å². The summed E-state index contributed by atoms with van der Waals surface area (Å²) in [7, 11) is 0. The Morgan fingerprint density at radius 3 is 3.00 bits per heavy atom. The monoisotopic (exact) mass is 329 g/mol. The van der Waals surface area contributed by atoms with Gasteiger partial charge in [0, 0.05) is 29.7 Å². The van der Waals surface area contributed by atoms with E-state index < -0.39 is 0 Å². The molecule has 24 heavy (non-hydrogen) atoms. The van der Waals surface area contributed by atoms with Gasteiger partial charge in [0.2, 0.25) is 0 Å². The number of nitrogens with one attached hydrogen (secondary N) is 2. The fourth-order valence-electron chi connectivity index (χ4n) is 3.59. The molecule has 1 atom stereocenters. The standard InChI is InChI=1S/C19H27N3O2/c1-3-5-11-22-12-10-15-14-8-6-7-9-16(14)21-18(15)17(22)13-20-19(23)24-4-2/h6-9,17,21H,3-5,10-13H2,1-2H3,(H,20,23). The van der Waals surface area contributed by atoms with E-state index in [9.17, 15) is 4.79 Å². The molecule has 1 aromatic carbocycles. The normalized spacial score (nSPS) is 17.7. The molecule has 0 aliphatic carbocycles. The molecule has 130 valence electrons. The number of hydrogen-bond donors (Lipinski definition) is 2. The highest BCUT2D eigenvalue weighted by Gasteiger charge is 2.30. The third-order valence-corrected chi connectivity index (χ3v) is 4.78. The molecule has 0 radical (unpaired) electrons. The average molecular weight is 329 g/mol. The van der Waals surface area contributed by atoms with Crippen molar-refractivity contribution >= 4 is 17.0 Å². The van der Waals surface area contributed by atoms with Crippen molar-refractivity contribution in [1.29, 1.82) is 0 Å². The summed E-state index contributed by atoms with van der Waals surface area (Å²) in [4.78, 5) is 17.8. The summed E-state index contributed by atoms with van der Waals surface area (Å²) in [5.41, 5.74) is 3.82. The maximum atomic E-state index is 11.7. The third kappa shape index (κ3) is 3.41. The number of aromatic nitrogens is 1. The van der Waals surface area contributed by atoms with E-state index in [0.29, 0.717) is 13.2 Å². The largest absolute Gasteiger partial charge is 0.450 e. The number of carbonyl (C=O) groups excluding carboxylic acids is 1. The van der Waals surface area contributed by atoms with Crippen molar-refractivity contribution in [1.82, 2.24) is 15.2 Å². The van der Waals surface area contributed by atoms with Gasteiger partial charge in [-0.25, -0.2) is 4.79 Å². The number of H-pyrrole nitrogens is 1. The highest BCUT2D eigenvalue weighted by molar-refractivity contribution is 5.85. The zero-order chi connectivity index (χ0) is 16.9. The number of para-hydroxylation sites is 1. The molecule has 3 rings (SSSR count). The second kappa shape index (κ2) is 7.71. The molecule has 2 N–H and O–H groups in total. The molecule has 1 aliphatic rings. The molecular formula is C19H27N3O2. The molecule has 1 amide bonds. The molecular weight excluding hydrogens is 302 g/mol. The van der Waals surface area contributed by atoms with Crippen LogP contribution in [0.15, 0.2) is 24.3 Å². The minimum atomic E-state index is -0.337. The van der Waals surface area contributed by atoms with Crippen LogP contribution in [0, 0.1) is 0 Å². The van der Waals surface area contributed by atoms with Crippen LogP contribution in [-0.2, 0) is 11.2 Å². The van der Waals surface area contributed by atoms with Crippen molar-refractivity contribution in [3.05, 3.63) is 35.5 Å². The first-order valence-corrected chi connectivity index (χ1v) is 8.98. The second-order valence-electron chi connectivity index (χ2n) is 6.32. The number of hydrogen-bond acceptors (Lipinski definition) is 3. The Morgan fingerprint density at radius 1 is 1.38 bits per heavy atom.